The average Bonchev–Trinajstić information content (AvgIpc) is 2.28. The molecule has 0 aliphatic heterocycles. The van der Waals surface area contributed by atoms with Crippen LogP contribution in [0.3, 0.4) is 0 Å². The largest absolute Gasteiger partial charge is 0.404 e. The minimum Gasteiger partial charge on any atom is -0.330 e. The number of nitrogens with two attached hydrogens (primary N) is 1. The van der Waals surface area contributed by atoms with Crippen molar-refractivity contribution >= 4 is 0 Å². The lowest BCUT2D eigenvalue weighted by atomic mass is 9.96. The first-order chi connectivity index (χ1) is 9.16. The van der Waals surface area contributed by atoms with Crippen LogP contribution in [0.2, 0.25) is 0 Å². The number of hydrogen-bond donors (Lipinski definition) is 1. The lowest BCUT2D eigenvalue weighted by Crippen LogP contribution is -2.34. The number of alkyl halides is 6. The maximum absolute atomic E-state index is 12.5. The van der Waals surface area contributed by atoms with Crippen LogP contribution in [0.5, 0.6) is 0 Å². The molecule has 0 unspecified atom stereocenters. The van der Waals surface area contributed by atoms with E-state index in [0.717, 1.165) is 25.0 Å². The van der Waals surface area contributed by atoms with Crippen LogP contribution in [0.15, 0.2) is 24.3 Å². The van der Waals surface area contributed by atoms with E-state index in [1.165, 1.54) is 12.1 Å². The molecule has 1 rings (SSSR count). The molecule has 114 valence electrons. The Balaban J connectivity index is 2.89. The van der Waals surface area contributed by atoms with Crippen LogP contribution in [0.4, 0.5) is 26.3 Å². The van der Waals surface area contributed by atoms with Crippen LogP contribution in [0, 0.1) is 0 Å². The van der Waals surface area contributed by atoms with Crippen LogP contribution in [0.1, 0.15) is 29.9 Å². The van der Waals surface area contributed by atoms with E-state index >= 15 is 0 Å². The van der Waals surface area contributed by atoms with Gasteiger partial charge in [-0.25, -0.2) is 0 Å². The molecule has 1 nitrogen and oxygen atoms in total. The SMILES string of the molecule is NCCCCc1ccc(C(C(F)(F)F)C(F)(F)F)cc1. The summed E-state index contributed by atoms with van der Waals surface area (Å²) < 4.78 is 75.1. The zero-order valence-corrected chi connectivity index (χ0v) is 10.6. The highest BCUT2D eigenvalue weighted by molar-refractivity contribution is 5.27. The summed E-state index contributed by atoms with van der Waals surface area (Å²) in [5.41, 5.74) is 5.22. The number of aryl methyl sites for hydroxylation is 1. The summed E-state index contributed by atoms with van der Waals surface area (Å²) in [5, 5.41) is 0. The first-order valence-electron chi connectivity index (χ1n) is 6.08. The Bertz CT molecular complexity index is 392. The van der Waals surface area contributed by atoms with Gasteiger partial charge < -0.3 is 5.73 Å². The highest BCUT2D eigenvalue weighted by atomic mass is 19.4. The third-order valence-corrected chi connectivity index (χ3v) is 2.89. The first-order valence-corrected chi connectivity index (χ1v) is 6.08. The van der Waals surface area contributed by atoms with Gasteiger partial charge in [0, 0.05) is 0 Å². The molecule has 0 saturated carbocycles. The van der Waals surface area contributed by atoms with Crippen molar-refractivity contribution in [1.29, 1.82) is 0 Å². The van der Waals surface area contributed by atoms with Crippen molar-refractivity contribution in [1.82, 2.24) is 0 Å². The van der Waals surface area contributed by atoms with Crippen LogP contribution >= 0.6 is 0 Å². The number of hydrogen-bond acceptors (Lipinski definition) is 1. The van der Waals surface area contributed by atoms with E-state index in [4.69, 9.17) is 5.73 Å². The molecule has 0 aliphatic rings. The van der Waals surface area contributed by atoms with Crippen molar-refractivity contribution < 1.29 is 26.3 Å². The van der Waals surface area contributed by atoms with Crippen molar-refractivity contribution in [3.63, 3.8) is 0 Å². The lowest BCUT2D eigenvalue weighted by Gasteiger charge is -2.23. The fourth-order valence-electron chi connectivity index (χ4n) is 1.91. The van der Waals surface area contributed by atoms with E-state index in [9.17, 15) is 26.3 Å². The van der Waals surface area contributed by atoms with Crippen molar-refractivity contribution in [2.45, 2.75) is 37.5 Å². The van der Waals surface area contributed by atoms with Crippen molar-refractivity contribution in [2.75, 3.05) is 6.54 Å². The normalized spacial score (nSPS) is 13.0. The first kappa shape index (κ1) is 16.8. The van der Waals surface area contributed by atoms with Crippen LogP contribution < -0.4 is 5.73 Å². The number of unbranched alkanes of at least 4 members (excludes halogenated alkanes) is 1. The topological polar surface area (TPSA) is 26.0 Å². The summed E-state index contributed by atoms with van der Waals surface area (Å²) in [4.78, 5) is 0. The van der Waals surface area contributed by atoms with Gasteiger partial charge in [0.1, 0.15) is 0 Å². The minimum absolute atomic E-state index is 0.502. The quantitative estimate of drug-likeness (QED) is 0.640. The van der Waals surface area contributed by atoms with Gasteiger partial charge >= 0.3 is 12.4 Å². The molecule has 7 heteroatoms. The van der Waals surface area contributed by atoms with E-state index in [1.807, 2.05) is 0 Å². The van der Waals surface area contributed by atoms with Gasteiger partial charge in [0.2, 0.25) is 0 Å². The minimum atomic E-state index is -5.35. The second kappa shape index (κ2) is 6.47. The van der Waals surface area contributed by atoms with E-state index in [2.05, 4.69) is 0 Å². The molecule has 2 N–H and O–H groups in total. The molecule has 0 atom stereocenters. The summed E-state index contributed by atoms with van der Waals surface area (Å²) >= 11 is 0. The summed E-state index contributed by atoms with van der Waals surface area (Å²) in [6.07, 6.45) is -8.61. The molecule has 0 heterocycles. The molecular weight excluding hydrogens is 284 g/mol. The molecule has 0 aliphatic carbocycles. The molecule has 0 amide bonds. The standard InChI is InChI=1S/C13H15F6N/c14-12(15,16)11(13(17,18)19)10-6-4-9(5-7-10)3-1-2-8-20/h4-7,11H,1-3,8,20H2. The van der Waals surface area contributed by atoms with Crippen molar-refractivity contribution in [3.05, 3.63) is 35.4 Å². The molecule has 1 aromatic carbocycles. The van der Waals surface area contributed by atoms with Crippen molar-refractivity contribution in [2.24, 2.45) is 5.73 Å². The van der Waals surface area contributed by atoms with Crippen LogP contribution in [0.25, 0.3) is 0 Å². The molecular formula is C13H15F6N. The highest BCUT2D eigenvalue weighted by Gasteiger charge is 2.57. The molecule has 20 heavy (non-hydrogen) atoms. The summed E-state index contributed by atoms with van der Waals surface area (Å²) in [7, 11) is 0. The van der Waals surface area contributed by atoms with Gasteiger partial charge in [0.05, 0.1) is 0 Å². The van der Waals surface area contributed by atoms with E-state index < -0.39 is 23.8 Å². The van der Waals surface area contributed by atoms with Crippen LogP contribution in [-0.4, -0.2) is 18.9 Å². The van der Waals surface area contributed by atoms with E-state index in [0.29, 0.717) is 18.5 Å². The van der Waals surface area contributed by atoms with E-state index in [1.54, 1.807) is 0 Å². The number of benzene rings is 1. The third-order valence-electron chi connectivity index (χ3n) is 2.89. The molecule has 1 aromatic rings. The molecule has 0 spiro atoms. The van der Waals surface area contributed by atoms with Gasteiger partial charge in [-0.05, 0) is 36.9 Å². The van der Waals surface area contributed by atoms with E-state index in [-0.39, 0.29) is 0 Å². The van der Waals surface area contributed by atoms with Gasteiger partial charge in [0.25, 0.3) is 0 Å². The second-order valence-corrected chi connectivity index (χ2v) is 4.50. The van der Waals surface area contributed by atoms with Gasteiger partial charge in [-0.3, -0.25) is 0 Å². The van der Waals surface area contributed by atoms with Crippen LogP contribution in [-0.2, 0) is 6.42 Å². The average molecular weight is 299 g/mol. The summed E-state index contributed by atoms with van der Waals surface area (Å²) in [6.45, 7) is 0.502. The smallest absolute Gasteiger partial charge is 0.330 e. The molecule has 0 bridgehead atoms. The fourth-order valence-corrected chi connectivity index (χ4v) is 1.91. The predicted molar refractivity (Wildman–Crippen MR) is 63.3 cm³/mol. The van der Waals surface area contributed by atoms with Crippen molar-refractivity contribution in [3.8, 4) is 0 Å². The Labute approximate surface area is 112 Å². The highest BCUT2D eigenvalue weighted by Crippen LogP contribution is 2.46. The predicted octanol–water partition coefficient (Wildman–Crippen LogP) is 4.18. The Morgan fingerprint density at radius 3 is 1.75 bits per heavy atom. The second-order valence-electron chi connectivity index (χ2n) is 4.50. The maximum Gasteiger partial charge on any atom is 0.404 e. The monoisotopic (exact) mass is 299 g/mol. The summed E-state index contributed by atoms with van der Waals surface area (Å²) in [6, 6.07) is 4.39. The molecule has 0 fully saturated rings. The third kappa shape index (κ3) is 4.70. The Morgan fingerprint density at radius 2 is 1.35 bits per heavy atom. The van der Waals surface area contributed by atoms with Gasteiger partial charge in [-0.1, -0.05) is 24.3 Å². The van der Waals surface area contributed by atoms with Gasteiger partial charge in [-0.15, -0.1) is 0 Å². The van der Waals surface area contributed by atoms with Gasteiger partial charge in [-0.2, -0.15) is 26.3 Å². The van der Waals surface area contributed by atoms with Gasteiger partial charge in [0.15, 0.2) is 5.92 Å². The zero-order valence-electron chi connectivity index (χ0n) is 10.6. The number of halogens is 6. The maximum atomic E-state index is 12.5. The molecule has 0 saturated heterocycles. The number of rotatable bonds is 5. The zero-order chi connectivity index (χ0) is 15.4. The molecule has 0 aromatic heterocycles. The lowest BCUT2D eigenvalue weighted by molar-refractivity contribution is -0.253. The Morgan fingerprint density at radius 1 is 0.850 bits per heavy atom. The Kier molecular flexibility index (Phi) is 5.44. The summed E-state index contributed by atoms with van der Waals surface area (Å²) in [5.74, 6) is -3.44. The Hall–Kier alpha value is -1.24. The molecule has 0 radical (unpaired) electrons. The fraction of sp³-hybridized carbons (Fsp3) is 0.538.